The van der Waals surface area contributed by atoms with Gasteiger partial charge in [0.15, 0.2) is 5.12 Å². The Kier molecular flexibility index (Phi) is 4.19. The highest BCUT2D eigenvalue weighted by Gasteiger charge is 2.12. The molecule has 0 aliphatic rings. The van der Waals surface area contributed by atoms with Gasteiger partial charge in [-0.1, -0.05) is 23.6 Å². The lowest BCUT2D eigenvalue weighted by molar-refractivity contribution is -0.109. The van der Waals surface area contributed by atoms with E-state index >= 15 is 0 Å². The zero-order chi connectivity index (χ0) is 12.2. The van der Waals surface area contributed by atoms with Crippen molar-refractivity contribution in [2.75, 3.05) is 5.75 Å². The summed E-state index contributed by atoms with van der Waals surface area (Å²) in [6, 6.07) is 0. The van der Waals surface area contributed by atoms with Gasteiger partial charge >= 0.3 is 0 Å². The third kappa shape index (κ3) is 4.11. The molecule has 0 radical (unpaired) electrons. The van der Waals surface area contributed by atoms with Crippen molar-refractivity contribution in [2.24, 2.45) is 0 Å². The molecule has 3 nitrogen and oxygen atoms in total. The molecular formula is C12H16N2OS. The number of rotatable bonds is 1. The van der Waals surface area contributed by atoms with E-state index in [-0.39, 0.29) is 10.7 Å². The van der Waals surface area contributed by atoms with Crippen molar-refractivity contribution in [1.29, 1.82) is 0 Å². The first kappa shape index (κ1) is 12.9. The lowest BCUT2D eigenvalue weighted by Crippen LogP contribution is -2.21. The largest absolute Gasteiger partial charge is 0.288 e. The van der Waals surface area contributed by atoms with Crippen LogP contribution >= 0.6 is 11.8 Å². The highest BCUT2D eigenvalue weighted by atomic mass is 32.2. The minimum Gasteiger partial charge on any atom is -0.288 e. The summed E-state index contributed by atoms with van der Waals surface area (Å²) in [5, 5.41) is 4.34. The van der Waals surface area contributed by atoms with Crippen molar-refractivity contribution in [3.8, 4) is 11.8 Å². The third-order valence-corrected chi connectivity index (χ3v) is 2.55. The molecule has 0 saturated carbocycles. The van der Waals surface area contributed by atoms with Crippen LogP contribution in [-0.4, -0.2) is 20.6 Å². The topological polar surface area (TPSA) is 34.9 Å². The van der Waals surface area contributed by atoms with Crippen LogP contribution < -0.4 is 0 Å². The molecule has 0 atom stereocenters. The summed E-state index contributed by atoms with van der Waals surface area (Å²) in [6.07, 6.45) is 3.67. The first-order valence-electron chi connectivity index (χ1n) is 5.07. The average Bonchev–Trinajstić information content (AvgIpc) is 2.59. The number of carbonyl (C=O) groups is 1. The summed E-state index contributed by atoms with van der Waals surface area (Å²) in [7, 11) is 0. The molecule has 86 valence electrons. The quantitative estimate of drug-likeness (QED) is 0.702. The van der Waals surface area contributed by atoms with Crippen LogP contribution in [0.15, 0.2) is 12.4 Å². The van der Waals surface area contributed by atoms with Gasteiger partial charge in [0, 0.05) is 13.1 Å². The monoisotopic (exact) mass is 236 g/mol. The molecule has 0 aliphatic carbocycles. The molecule has 0 unspecified atom stereocenters. The molecule has 0 aromatic carbocycles. The van der Waals surface area contributed by atoms with Crippen LogP contribution in [0.5, 0.6) is 0 Å². The molecule has 1 aromatic heterocycles. The third-order valence-electron chi connectivity index (χ3n) is 1.85. The van der Waals surface area contributed by atoms with Crippen molar-refractivity contribution >= 4 is 16.9 Å². The molecule has 16 heavy (non-hydrogen) atoms. The maximum absolute atomic E-state index is 10.7. The van der Waals surface area contributed by atoms with Crippen LogP contribution in [0.2, 0.25) is 0 Å². The first-order valence-corrected chi connectivity index (χ1v) is 6.05. The zero-order valence-corrected chi connectivity index (χ0v) is 10.9. The van der Waals surface area contributed by atoms with E-state index in [4.69, 9.17) is 0 Å². The molecule has 0 spiro atoms. The summed E-state index contributed by atoms with van der Waals surface area (Å²) in [4.78, 5) is 10.7. The van der Waals surface area contributed by atoms with Gasteiger partial charge in [0.25, 0.3) is 0 Å². The van der Waals surface area contributed by atoms with E-state index in [0.717, 1.165) is 5.56 Å². The Morgan fingerprint density at radius 2 is 2.25 bits per heavy atom. The summed E-state index contributed by atoms with van der Waals surface area (Å²) in [5.41, 5.74) is 0.868. The maximum Gasteiger partial charge on any atom is 0.186 e. The summed E-state index contributed by atoms with van der Waals surface area (Å²) < 4.78 is 1.88. The van der Waals surface area contributed by atoms with Gasteiger partial charge in [0.2, 0.25) is 0 Å². The molecule has 0 saturated heterocycles. The van der Waals surface area contributed by atoms with Gasteiger partial charge in [-0.3, -0.25) is 9.48 Å². The van der Waals surface area contributed by atoms with Crippen LogP contribution in [0.3, 0.4) is 0 Å². The van der Waals surface area contributed by atoms with E-state index in [0.29, 0.717) is 5.75 Å². The van der Waals surface area contributed by atoms with Gasteiger partial charge in [-0.2, -0.15) is 5.10 Å². The fourth-order valence-electron chi connectivity index (χ4n) is 1.03. The smallest absolute Gasteiger partial charge is 0.186 e. The molecule has 0 amide bonds. The Morgan fingerprint density at radius 1 is 1.56 bits per heavy atom. The SMILES string of the molecule is CC(=O)SCC#Cc1cnn(C(C)(C)C)c1. The number of aromatic nitrogens is 2. The van der Waals surface area contributed by atoms with Gasteiger partial charge in [0.1, 0.15) is 0 Å². The van der Waals surface area contributed by atoms with E-state index in [1.807, 2.05) is 10.9 Å². The molecule has 0 aliphatic heterocycles. The summed E-state index contributed by atoms with van der Waals surface area (Å²) >= 11 is 1.22. The van der Waals surface area contributed by atoms with E-state index in [2.05, 4.69) is 37.7 Å². The normalized spacial score (nSPS) is 10.8. The van der Waals surface area contributed by atoms with Crippen LogP contribution in [0.1, 0.15) is 33.3 Å². The fourth-order valence-corrected chi connectivity index (χ4v) is 1.38. The van der Waals surface area contributed by atoms with Crippen molar-refractivity contribution in [1.82, 2.24) is 9.78 Å². The summed E-state index contributed by atoms with van der Waals surface area (Å²) in [6.45, 7) is 7.80. The number of hydrogen-bond donors (Lipinski definition) is 0. The predicted octanol–water partition coefficient (Wildman–Crippen LogP) is 2.27. The van der Waals surface area contributed by atoms with Gasteiger partial charge in [-0.15, -0.1) is 0 Å². The Balaban J connectivity index is 2.62. The molecule has 0 N–H and O–H groups in total. The van der Waals surface area contributed by atoms with Gasteiger partial charge in [-0.25, -0.2) is 0 Å². The van der Waals surface area contributed by atoms with Crippen LogP contribution in [-0.2, 0) is 10.3 Å². The van der Waals surface area contributed by atoms with E-state index < -0.39 is 0 Å². The van der Waals surface area contributed by atoms with E-state index in [1.165, 1.54) is 11.8 Å². The Morgan fingerprint density at radius 3 is 2.75 bits per heavy atom. The predicted molar refractivity (Wildman–Crippen MR) is 67.2 cm³/mol. The number of nitrogens with zero attached hydrogens (tertiary/aromatic N) is 2. The molecule has 0 bridgehead atoms. The van der Waals surface area contributed by atoms with Gasteiger partial charge in [0.05, 0.1) is 23.1 Å². The molecule has 0 fully saturated rings. The van der Waals surface area contributed by atoms with Crippen LogP contribution in [0, 0.1) is 11.8 Å². The van der Waals surface area contributed by atoms with Crippen molar-refractivity contribution < 1.29 is 4.79 Å². The number of thioether (sulfide) groups is 1. The minimum absolute atomic E-state index is 0.0198. The summed E-state index contributed by atoms with van der Waals surface area (Å²) in [5.74, 6) is 6.46. The highest BCUT2D eigenvalue weighted by Crippen LogP contribution is 2.12. The standard InChI is InChI=1S/C12H16N2OS/c1-10(15)16-7-5-6-11-8-13-14(9-11)12(2,3)4/h8-9H,7H2,1-4H3. The van der Waals surface area contributed by atoms with Gasteiger partial charge < -0.3 is 0 Å². The Hall–Kier alpha value is -1.21. The number of carbonyl (C=O) groups excluding carboxylic acids is 1. The van der Waals surface area contributed by atoms with Crippen molar-refractivity contribution in [2.45, 2.75) is 33.2 Å². The maximum atomic E-state index is 10.7. The molecule has 1 rings (SSSR count). The molecular weight excluding hydrogens is 220 g/mol. The highest BCUT2D eigenvalue weighted by molar-refractivity contribution is 8.13. The second-order valence-corrected chi connectivity index (χ2v) is 5.58. The van der Waals surface area contributed by atoms with Crippen LogP contribution in [0.25, 0.3) is 0 Å². The van der Waals surface area contributed by atoms with Crippen molar-refractivity contribution in [3.05, 3.63) is 18.0 Å². The van der Waals surface area contributed by atoms with E-state index in [9.17, 15) is 4.79 Å². The molecule has 1 heterocycles. The Labute approximate surface area is 101 Å². The lowest BCUT2D eigenvalue weighted by atomic mass is 10.1. The second kappa shape index (κ2) is 5.22. The van der Waals surface area contributed by atoms with E-state index in [1.54, 1.807) is 13.1 Å². The molecule has 1 aromatic rings. The minimum atomic E-state index is -0.0198. The average molecular weight is 236 g/mol. The lowest BCUT2D eigenvalue weighted by Gasteiger charge is -2.18. The van der Waals surface area contributed by atoms with Crippen LogP contribution in [0.4, 0.5) is 0 Å². The van der Waals surface area contributed by atoms with Gasteiger partial charge in [-0.05, 0) is 20.8 Å². The second-order valence-electron chi connectivity index (χ2n) is 4.43. The van der Waals surface area contributed by atoms with Crippen molar-refractivity contribution in [3.63, 3.8) is 0 Å². The Bertz CT molecular complexity index is 432. The zero-order valence-electron chi connectivity index (χ0n) is 10.1. The first-order chi connectivity index (χ1) is 7.39. The number of hydrogen-bond acceptors (Lipinski definition) is 3. The fraction of sp³-hybridized carbons (Fsp3) is 0.500. The molecule has 4 heteroatoms.